The minimum atomic E-state index is -0.794. The van der Waals surface area contributed by atoms with Crippen LogP contribution < -0.4 is 10.6 Å². The van der Waals surface area contributed by atoms with Crippen LogP contribution in [0.1, 0.15) is 25.8 Å². The van der Waals surface area contributed by atoms with Crippen LogP contribution in [0.4, 0.5) is 10.1 Å². The Kier molecular flexibility index (Phi) is 6.46. The summed E-state index contributed by atoms with van der Waals surface area (Å²) in [7, 11) is 0. The van der Waals surface area contributed by atoms with Crippen molar-refractivity contribution in [3.8, 4) is 0 Å². The second-order valence-corrected chi connectivity index (χ2v) is 5.59. The van der Waals surface area contributed by atoms with Crippen LogP contribution in [0.2, 0.25) is 0 Å². The Labute approximate surface area is 146 Å². The van der Waals surface area contributed by atoms with Crippen LogP contribution in [0.25, 0.3) is 5.57 Å². The molecule has 0 aliphatic rings. The Hall–Kier alpha value is -2.95. The molecule has 0 aliphatic carbocycles. The van der Waals surface area contributed by atoms with Gasteiger partial charge >= 0.3 is 0 Å². The highest BCUT2D eigenvalue weighted by molar-refractivity contribution is 6.01. The molecule has 0 fully saturated rings. The van der Waals surface area contributed by atoms with Gasteiger partial charge in [0.05, 0.1) is 5.69 Å². The van der Waals surface area contributed by atoms with Crippen LogP contribution in [-0.4, -0.2) is 17.9 Å². The molecule has 0 radical (unpaired) electrons. The van der Waals surface area contributed by atoms with Crippen LogP contribution in [-0.2, 0) is 9.59 Å². The summed E-state index contributed by atoms with van der Waals surface area (Å²) in [4.78, 5) is 24.3. The van der Waals surface area contributed by atoms with Crippen LogP contribution in [0.5, 0.6) is 0 Å². The maximum absolute atomic E-state index is 13.6. The van der Waals surface area contributed by atoms with Crippen molar-refractivity contribution >= 4 is 23.1 Å². The monoisotopic (exact) mass is 340 g/mol. The van der Waals surface area contributed by atoms with E-state index in [0.717, 1.165) is 11.1 Å². The number of hydrogen-bond acceptors (Lipinski definition) is 2. The maximum atomic E-state index is 13.6. The molecule has 130 valence electrons. The average Bonchev–Trinajstić information content (AvgIpc) is 2.62. The van der Waals surface area contributed by atoms with Gasteiger partial charge in [-0.2, -0.15) is 0 Å². The molecule has 1 unspecified atom stereocenters. The van der Waals surface area contributed by atoms with Crippen molar-refractivity contribution < 1.29 is 14.0 Å². The summed E-state index contributed by atoms with van der Waals surface area (Å²) in [6.07, 6.45) is 2.18. The first kappa shape index (κ1) is 18.4. The smallest absolute Gasteiger partial charge is 0.246 e. The van der Waals surface area contributed by atoms with E-state index >= 15 is 0 Å². The van der Waals surface area contributed by atoms with Gasteiger partial charge < -0.3 is 10.6 Å². The van der Waals surface area contributed by atoms with Gasteiger partial charge in [0, 0.05) is 6.08 Å². The van der Waals surface area contributed by atoms with E-state index in [1.807, 2.05) is 37.3 Å². The van der Waals surface area contributed by atoms with Crippen LogP contribution >= 0.6 is 0 Å². The van der Waals surface area contributed by atoms with E-state index in [-0.39, 0.29) is 11.6 Å². The van der Waals surface area contributed by atoms with Gasteiger partial charge in [-0.05, 0) is 36.6 Å². The molecule has 4 nitrogen and oxygen atoms in total. The number of benzene rings is 2. The molecule has 0 spiro atoms. The van der Waals surface area contributed by atoms with E-state index in [2.05, 4.69) is 10.6 Å². The van der Waals surface area contributed by atoms with Crippen molar-refractivity contribution in [1.82, 2.24) is 5.32 Å². The Bertz CT molecular complexity index is 772. The Morgan fingerprint density at radius 1 is 1.08 bits per heavy atom. The minimum absolute atomic E-state index is 0.0858. The van der Waals surface area contributed by atoms with Gasteiger partial charge in [-0.3, -0.25) is 9.59 Å². The van der Waals surface area contributed by atoms with E-state index < -0.39 is 17.8 Å². The van der Waals surface area contributed by atoms with Gasteiger partial charge in [0.25, 0.3) is 0 Å². The predicted molar refractivity (Wildman–Crippen MR) is 97.3 cm³/mol. The van der Waals surface area contributed by atoms with E-state index in [1.165, 1.54) is 24.3 Å². The lowest BCUT2D eigenvalue weighted by molar-refractivity contribution is -0.123. The van der Waals surface area contributed by atoms with E-state index in [1.54, 1.807) is 13.0 Å². The summed E-state index contributed by atoms with van der Waals surface area (Å²) in [6, 6.07) is 14.7. The van der Waals surface area contributed by atoms with E-state index in [9.17, 15) is 14.0 Å². The third kappa shape index (κ3) is 5.28. The first-order chi connectivity index (χ1) is 12.0. The molecular formula is C20H21FN2O2. The lowest BCUT2D eigenvalue weighted by Gasteiger charge is -2.14. The predicted octanol–water partition coefficient (Wildman–Crippen LogP) is 3.76. The highest BCUT2D eigenvalue weighted by Crippen LogP contribution is 2.17. The Morgan fingerprint density at radius 2 is 1.72 bits per heavy atom. The fourth-order valence-corrected chi connectivity index (χ4v) is 2.32. The summed E-state index contributed by atoms with van der Waals surface area (Å²) in [5.74, 6) is -1.37. The molecule has 25 heavy (non-hydrogen) atoms. The van der Waals surface area contributed by atoms with Gasteiger partial charge in [-0.25, -0.2) is 4.39 Å². The third-order valence-corrected chi connectivity index (χ3v) is 3.71. The molecule has 2 amide bonds. The molecule has 2 N–H and O–H groups in total. The molecule has 5 heteroatoms. The number of allylic oxidation sites excluding steroid dienone is 1. The lowest BCUT2D eigenvalue weighted by Crippen LogP contribution is -2.41. The van der Waals surface area contributed by atoms with Gasteiger partial charge in [-0.15, -0.1) is 0 Å². The molecule has 2 rings (SSSR count). The van der Waals surface area contributed by atoms with E-state index in [0.29, 0.717) is 6.42 Å². The zero-order chi connectivity index (χ0) is 18.2. The van der Waals surface area contributed by atoms with Crippen molar-refractivity contribution in [1.29, 1.82) is 0 Å². The number of hydrogen-bond donors (Lipinski definition) is 2. The zero-order valence-corrected chi connectivity index (χ0v) is 14.3. The number of halogens is 1. The number of carbonyl (C=O) groups excluding carboxylic acids is 2. The summed E-state index contributed by atoms with van der Waals surface area (Å²) in [5.41, 5.74) is 1.92. The Morgan fingerprint density at radius 3 is 2.36 bits per heavy atom. The van der Waals surface area contributed by atoms with Gasteiger partial charge in [0.2, 0.25) is 11.8 Å². The quantitative estimate of drug-likeness (QED) is 0.787. The first-order valence-corrected chi connectivity index (χ1v) is 8.13. The molecular weight excluding hydrogens is 319 g/mol. The van der Waals surface area contributed by atoms with Crippen molar-refractivity contribution in [2.24, 2.45) is 0 Å². The molecule has 2 aromatic rings. The van der Waals surface area contributed by atoms with E-state index in [4.69, 9.17) is 0 Å². The minimum Gasteiger partial charge on any atom is -0.341 e. The SMILES string of the molecule is CC/C(=C\C(=O)NC(C)C(=O)Nc1ccccc1F)c1ccccc1. The van der Waals surface area contributed by atoms with Crippen molar-refractivity contribution in [3.63, 3.8) is 0 Å². The normalized spacial score (nSPS) is 12.4. The molecule has 0 saturated heterocycles. The number of amides is 2. The Balaban J connectivity index is 2.00. The fourth-order valence-electron chi connectivity index (χ4n) is 2.32. The molecule has 2 aromatic carbocycles. The highest BCUT2D eigenvalue weighted by Gasteiger charge is 2.16. The third-order valence-electron chi connectivity index (χ3n) is 3.71. The summed E-state index contributed by atoms with van der Waals surface area (Å²) in [6.45, 7) is 3.51. The summed E-state index contributed by atoms with van der Waals surface area (Å²) < 4.78 is 13.6. The van der Waals surface area contributed by atoms with Gasteiger partial charge in [-0.1, -0.05) is 49.4 Å². The van der Waals surface area contributed by atoms with Gasteiger partial charge in [0.1, 0.15) is 11.9 Å². The average molecular weight is 340 g/mol. The molecule has 1 atom stereocenters. The molecule has 0 saturated carbocycles. The number of carbonyl (C=O) groups is 2. The highest BCUT2D eigenvalue weighted by atomic mass is 19.1. The molecule has 0 aromatic heterocycles. The second-order valence-electron chi connectivity index (χ2n) is 5.59. The van der Waals surface area contributed by atoms with Gasteiger partial charge in [0.15, 0.2) is 0 Å². The summed E-state index contributed by atoms with van der Waals surface area (Å²) in [5, 5.41) is 5.07. The number of anilines is 1. The van der Waals surface area contributed by atoms with Crippen LogP contribution in [0, 0.1) is 5.82 Å². The summed E-state index contributed by atoms with van der Waals surface area (Å²) >= 11 is 0. The number of rotatable bonds is 6. The van der Waals surface area contributed by atoms with Crippen LogP contribution in [0.15, 0.2) is 60.7 Å². The molecule has 0 aliphatic heterocycles. The number of para-hydroxylation sites is 1. The number of nitrogens with one attached hydrogen (secondary N) is 2. The lowest BCUT2D eigenvalue weighted by atomic mass is 10.0. The van der Waals surface area contributed by atoms with Crippen molar-refractivity contribution in [2.75, 3.05) is 5.32 Å². The zero-order valence-electron chi connectivity index (χ0n) is 14.3. The first-order valence-electron chi connectivity index (χ1n) is 8.13. The fraction of sp³-hybridized carbons (Fsp3) is 0.200. The molecule has 0 bridgehead atoms. The second kappa shape index (κ2) is 8.78. The topological polar surface area (TPSA) is 58.2 Å². The standard InChI is InChI=1S/C20H21FN2O2/c1-3-15(16-9-5-4-6-10-16)13-19(24)22-14(2)20(25)23-18-12-8-7-11-17(18)21/h4-14H,3H2,1-2H3,(H,22,24)(H,23,25)/b15-13+. The maximum Gasteiger partial charge on any atom is 0.246 e. The largest absolute Gasteiger partial charge is 0.341 e. The van der Waals surface area contributed by atoms with Crippen molar-refractivity contribution in [3.05, 3.63) is 72.1 Å². The van der Waals surface area contributed by atoms with Crippen molar-refractivity contribution in [2.45, 2.75) is 26.3 Å². The molecule has 0 heterocycles. The van der Waals surface area contributed by atoms with Crippen LogP contribution in [0.3, 0.4) is 0 Å².